The first-order valence-corrected chi connectivity index (χ1v) is 11.2. The van der Waals surface area contributed by atoms with E-state index in [0.29, 0.717) is 12.8 Å². The second kappa shape index (κ2) is 6.81. The molecule has 0 unspecified atom stereocenters. The van der Waals surface area contributed by atoms with Crippen LogP contribution in [-0.2, 0) is 36.9 Å². The van der Waals surface area contributed by atoms with Crippen molar-refractivity contribution in [2.24, 2.45) is 0 Å². The summed E-state index contributed by atoms with van der Waals surface area (Å²) in [6.45, 7) is 1.40. The van der Waals surface area contributed by atoms with Crippen molar-refractivity contribution in [3.05, 3.63) is 0 Å². The van der Waals surface area contributed by atoms with Crippen molar-refractivity contribution in [1.29, 1.82) is 0 Å². The molecule has 8 nitrogen and oxygen atoms in total. The number of rotatable bonds is 7. The largest absolute Gasteiger partial charge is 0.392 e. The molecule has 0 amide bonds. The molecule has 11 heteroatoms. The lowest BCUT2D eigenvalue weighted by molar-refractivity contribution is 0.260. The van der Waals surface area contributed by atoms with Gasteiger partial charge < -0.3 is 0 Å². The predicted molar refractivity (Wildman–Crippen MR) is 72.5 cm³/mol. The first-order chi connectivity index (χ1) is 9.14. The van der Waals surface area contributed by atoms with Gasteiger partial charge in [-0.1, -0.05) is 19.3 Å². The van der Waals surface area contributed by atoms with E-state index in [1.54, 1.807) is 0 Å². The standard InChI is InChI=1S/C9H20O8S2Si/c1-14-18(10,11)16-20(3,17-19(12,13)15-2)9-7-5-4-6-8-9/h9H,4-8H2,1-3H3. The van der Waals surface area contributed by atoms with E-state index >= 15 is 0 Å². The summed E-state index contributed by atoms with van der Waals surface area (Å²) in [6, 6.07) is 0. The molecule has 20 heavy (non-hydrogen) atoms. The zero-order valence-electron chi connectivity index (χ0n) is 11.7. The van der Waals surface area contributed by atoms with Gasteiger partial charge in [0.2, 0.25) is 0 Å². The van der Waals surface area contributed by atoms with Crippen LogP contribution in [-0.4, -0.2) is 39.6 Å². The highest BCUT2D eigenvalue weighted by molar-refractivity contribution is 7.84. The third-order valence-electron chi connectivity index (χ3n) is 3.29. The Morgan fingerprint density at radius 3 is 1.60 bits per heavy atom. The molecular weight excluding hydrogens is 328 g/mol. The van der Waals surface area contributed by atoms with Crippen molar-refractivity contribution in [2.75, 3.05) is 14.2 Å². The lowest BCUT2D eigenvalue weighted by Gasteiger charge is -2.34. The zero-order chi connectivity index (χ0) is 15.4. The highest BCUT2D eigenvalue weighted by Crippen LogP contribution is 2.39. The molecule has 0 spiro atoms. The fourth-order valence-electron chi connectivity index (χ4n) is 2.25. The van der Waals surface area contributed by atoms with Crippen molar-refractivity contribution in [3.8, 4) is 0 Å². The Hall–Kier alpha value is -0.0431. The Morgan fingerprint density at radius 1 is 0.850 bits per heavy atom. The number of hydrogen-bond acceptors (Lipinski definition) is 8. The van der Waals surface area contributed by atoms with Gasteiger partial charge in [0.25, 0.3) is 0 Å². The van der Waals surface area contributed by atoms with E-state index in [0.717, 1.165) is 33.5 Å². The molecule has 0 N–H and O–H groups in total. The molecule has 1 rings (SSSR count). The van der Waals surface area contributed by atoms with Crippen molar-refractivity contribution in [3.63, 3.8) is 0 Å². The molecule has 0 aromatic rings. The molecule has 0 aromatic carbocycles. The van der Waals surface area contributed by atoms with Crippen molar-refractivity contribution >= 4 is 29.4 Å². The van der Waals surface area contributed by atoms with Crippen LogP contribution in [0.3, 0.4) is 0 Å². The van der Waals surface area contributed by atoms with Gasteiger partial charge in [0.15, 0.2) is 0 Å². The van der Waals surface area contributed by atoms with E-state index < -0.39 is 29.4 Å². The Kier molecular flexibility index (Phi) is 6.13. The summed E-state index contributed by atoms with van der Waals surface area (Å²) < 4.78 is 64.4. The maximum absolute atomic E-state index is 11.5. The fourth-order valence-corrected chi connectivity index (χ4v) is 8.94. The van der Waals surface area contributed by atoms with Crippen molar-refractivity contribution in [1.82, 2.24) is 0 Å². The van der Waals surface area contributed by atoms with Crippen LogP contribution in [0.1, 0.15) is 32.1 Å². The van der Waals surface area contributed by atoms with Gasteiger partial charge in [-0.05, 0) is 19.4 Å². The predicted octanol–water partition coefficient (Wildman–Crippen LogP) is 1.21. The van der Waals surface area contributed by atoms with Crippen LogP contribution in [0.15, 0.2) is 0 Å². The second-order valence-electron chi connectivity index (χ2n) is 4.67. The zero-order valence-corrected chi connectivity index (χ0v) is 14.3. The van der Waals surface area contributed by atoms with Gasteiger partial charge in [-0.3, -0.25) is 16.1 Å². The van der Waals surface area contributed by atoms with Gasteiger partial charge in [-0.15, -0.1) is 0 Å². The Morgan fingerprint density at radius 2 is 1.25 bits per heavy atom. The summed E-state index contributed by atoms with van der Waals surface area (Å²) in [5.41, 5.74) is -0.258. The average Bonchev–Trinajstić information content (AvgIpc) is 2.38. The lowest BCUT2D eigenvalue weighted by atomic mass is 10.0. The molecule has 1 aliphatic rings. The van der Waals surface area contributed by atoms with Crippen molar-refractivity contribution in [2.45, 2.75) is 44.2 Å². The summed E-state index contributed by atoms with van der Waals surface area (Å²) in [4.78, 5) is 0. The molecule has 120 valence electrons. The van der Waals surface area contributed by atoms with Crippen LogP contribution < -0.4 is 0 Å². The molecule has 1 saturated carbocycles. The monoisotopic (exact) mass is 348 g/mol. The highest BCUT2D eigenvalue weighted by Gasteiger charge is 2.49. The number of hydrogen-bond donors (Lipinski definition) is 0. The van der Waals surface area contributed by atoms with Crippen LogP contribution in [0, 0.1) is 0 Å². The maximum atomic E-state index is 11.5. The first-order valence-electron chi connectivity index (χ1n) is 6.16. The summed E-state index contributed by atoms with van der Waals surface area (Å²) in [5.74, 6) is 0. The summed E-state index contributed by atoms with van der Waals surface area (Å²) >= 11 is 0. The Bertz CT molecular complexity index is 472. The Labute approximate surface area is 121 Å². The van der Waals surface area contributed by atoms with Crippen molar-refractivity contribution < 1.29 is 32.9 Å². The molecule has 1 fully saturated rings. The SMILES string of the molecule is COS(=O)(=O)O[Si](C)(OS(=O)(=O)OC)C1CCCCC1. The molecule has 0 aliphatic heterocycles. The molecule has 0 heterocycles. The van der Waals surface area contributed by atoms with Gasteiger partial charge in [0.1, 0.15) is 0 Å². The third kappa shape index (κ3) is 5.06. The fraction of sp³-hybridized carbons (Fsp3) is 1.00. The van der Waals surface area contributed by atoms with Gasteiger partial charge in [0.05, 0.1) is 14.2 Å². The minimum Gasteiger partial charge on any atom is -0.262 e. The van der Waals surface area contributed by atoms with Crippen LogP contribution in [0.5, 0.6) is 0 Å². The Balaban J connectivity index is 3.04. The van der Waals surface area contributed by atoms with E-state index in [-0.39, 0.29) is 5.54 Å². The maximum Gasteiger partial charge on any atom is 0.392 e. The van der Waals surface area contributed by atoms with E-state index in [4.69, 9.17) is 7.74 Å². The third-order valence-corrected chi connectivity index (χ3v) is 10.4. The minimum atomic E-state index is -4.29. The van der Waals surface area contributed by atoms with Gasteiger partial charge in [-0.25, -0.2) is 0 Å². The van der Waals surface area contributed by atoms with E-state index in [1.165, 1.54) is 6.55 Å². The van der Waals surface area contributed by atoms with E-state index in [1.807, 2.05) is 0 Å². The molecule has 1 aliphatic carbocycles. The van der Waals surface area contributed by atoms with Crippen LogP contribution >= 0.6 is 0 Å². The van der Waals surface area contributed by atoms with Crippen LogP contribution in [0.4, 0.5) is 0 Å². The van der Waals surface area contributed by atoms with Crippen LogP contribution in [0.2, 0.25) is 12.1 Å². The summed E-state index contributed by atoms with van der Waals surface area (Å²) in [6.07, 6.45) is 4.08. The van der Waals surface area contributed by atoms with Gasteiger partial charge in [-0.2, -0.15) is 16.8 Å². The summed E-state index contributed by atoms with van der Waals surface area (Å²) in [7, 11) is -10.3. The van der Waals surface area contributed by atoms with Gasteiger partial charge in [0, 0.05) is 5.54 Å². The quantitative estimate of drug-likeness (QED) is 0.632. The summed E-state index contributed by atoms with van der Waals surface area (Å²) in [5, 5.41) is 0. The molecule has 0 atom stereocenters. The normalized spacial score (nSPS) is 19.1. The molecule has 0 aromatic heterocycles. The lowest BCUT2D eigenvalue weighted by Crippen LogP contribution is -2.48. The topological polar surface area (TPSA) is 105 Å². The molecule has 0 saturated heterocycles. The average molecular weight is 348 g/mol. The second-order valence-corrected chi connectivity index (χ2v) is 11.1. The van der Waals surface area contributed by atoms with E-state index in [2.05, 4.69) is 8.37 Å². The highest BCUT2D eigenvalue weighted by atomic mass is 32.3. The smallest absolute Gasteiger partial charge is 0.262 e. The first kappa shape index (κ1) is 18.0. The molecule has 0 bridgehead atoms. The van der Waals surface area contributed by atoms with Crippen LogP contribution in [0.25, 0.3) is 0 Å². The molecular formula is C9H20O8S2Si. The van der Waals surface area contributed by atoms with Gasteiger partial charge >= 0.3 is 29.4 Å². The molecule has 0 radical (unpaired) electrons. The minimum absolute atomic E-state index is 0.258. The van der Waals surface area contributed by atoms with E-state index in [9.17, 15) is 16.8 Å².